The van der Waals surface area contributed by atoms with E-state index in [1.807, 2.05) is 0 Å². The third-order valence-electron chi connectivity index (χ3n) is 2.22. The van der Waals surface area contributed by atoms with Gasteiger partial charge in [0, 0.05) is 9.86 Å². The van der Waals surface area contributed by atoms with Crippen molar-refractivity contribution in [2.75, 3.05) is 0 Å². The van der Waals surface area contributed by atoms with Crippen molar-refractivity contribution < 1.29 is 17.6 Å². The summed E-state index contributed by atoms with van der Waals surface area (Å²) < 4.78 is 52.3. The molecule has 1 heterocycles. The van der Waals surface area contributed by atoms with Crippen LogP contribution in [0.1, 0.15) is 0 Å². The predicted octanol–water partition coefficient (Wildman–Crippen LogP) is 4.71. The van der Waals surface area contributed by atoms with Gasteiger partial charge in [-0.3, -0.25) is 0 Å². The van der Waals surface area contributed by atoms with Crippen LogP contribution in [0.15, 0.2) is 22.7 Å². The molecule has 2 aromatic rings. The molecule has 0 aliphatic carbocycles. The highest BCUT2D eigenvalue weighted by Crippen LogP contribution is 2.31. The van der Waals surface area contributed by atoms with Gasteiger partial charge in [-0.25, -0.2) is 4.39 Å². The molecule has 0 bridgehead atoms. The standard InChI is InChI=1S/C10H5BrF4IN/c11-7-1-5(12)2-8-6(7)3-9(16)17(8)4-10(13,14)15/h1-3H,4H2. The van der Waals surface area contributed by atoms with Gasteiger partial charge < -0.3 is 4.57 Å². The molecule has 2 rings (SSSR count). The van der Waals surface area contributed by atoms with E-state index in [4.69, 9.17) is 0 Å². The Labute approximate surface area is 116 Å². The average Bonchev–Trinajstić information content (AvgIpc) is 2.43. The molecule has 7 heteroatoms. The van der Waals surface area contributed by atoms with Crippen LogP contribution in [0.3, 0.4) is 0 Å². The molecule has 0 aliphatic heterocycles. The van der Waals surface area contributed by atoms with Gasteiger partial charge in [0.1, 0.15) is 12.4 Å². The maximum absolute atomic E-state index is 13.2. The quantitative estimate of drug-likeness (QED) is 0.464. The van der Waals surface area contributed by atoms with Gasteiger partial charge in [0.15, 0.2) is 0 Å². The van der Waals surface area contributed by atoms with Crippen molar-refractivity contribution in [1.82, 2.24) is 4.57 Å². The van der Waals surface area contributed by atoms with E-state index < -0.39 is 18.5 Å². The van der Waals surface area contributed by atoms with Gasteiger partial charge >= 0.3 is 6.18 Å². The summed E-state index contributed by atoms with van der Waals surface area (Å²) in [5.41, 5.74) is 0.235. The van der Waals surface area contributed by atoms with Crippen LogP contribution < -0.4 is 0 Å². The summed E-state index contributed by atoms with van der Waals surface area (Å²) in [6, 6.07) is 3.93. The SMILES string of the molecule is Fc1cc(Br)c2cc(I)n(CC(F)(F)F)c2c1. The molecule has 1 aromatic heterocycles. The Morgan fingerprint density at radius 1 is 1.24 bits per heavy atom. The van der Waals surface area contributed by atoms with Gasteiger partial charge in [-0.05, 0) is 56.7 Å². The molecule has 0 saturated heterocycles. The second-order valence-corrected chi connectivity index (χ2v) is 5.45. The maximum atomic E-state index is 13.2. The third kappa shape index (κ3) is 2.75. The number of benzene rings is 1. The molecular formula is C10H5BrF4IN. The highest BCUT2D eigenvalue weighted by molar-refractivity contribution is 14.1. The number of nitrogens with zero attached hydrogens (tertiary/aromatic N) is 1. The fraction of sp³-hybridized carbons (Fsp3) is 0.200. The van der Waals surface area contributed by atoms with Crippen molar-refractivity contribution in [2.45, 2.75) is 12.7 Å². The lowest BCUT2D eigenvalue weighted by atomic mass is 10.2. The molecule has 0 aliphatic rings. The summed E-state index contributed by atoms with van der Waals surface area (Å²) in [6.45, 7) is -1.12. The number of rotatable bonds is 1. The molecule has 0 amide bonds. The second kappa shape index (κ2) is 4.42. The average molecular weight is 422 g/mol. The molecule has 0 radical (unpaired) electrons. The normalized spacial score (nSPS) is 12.4. The zero-order chi connectivity index (χ0) is 12.8. The Morgan fingerprint density at radius 3 is 2.47 bits per heavy atom. The minimum Gasteiger partial charge on any atom is -0.327 e. The van der Waals surface area contributed by atoms with Gasteiger partial charge in [-0.15, -0.1) is 0 Å². The van der Waals surface area contributed by atoms with Crippen molar-refractivity contribution in [3.8, 4) is 0 Å². The molecule has 0 fully saturated rings. The molecule has 0 N–H and O–H groups in total. The summed E-state index contributed by atoms with van der Waals surface area (Å²) in [5, 5.41) is 0.569. The van der Waals surface area contributed by atoms with E-state index >= 15 is 0 Å². The highest BCUT2D eigenvalue weighted by Gasteiger charge is 2.29. The van der Waals surface area contributed by atoms with E-state index in [1.165, 1.54) is 6.07 Å². The number of hydrogen-bond donors (Lipinski definition) is 0. The van der Waals surface area contributed by atoms with Crippen molar-refractivity contribution in [3.05, 3.63) is 32.2 Å². The lowest BCUT2D eigenvalue weighted by Gasteiger charge is -2.10. The van der Waals surface area contributed by atoms with Gasteiger partial charge in [-0.1, -0.05) is 0 Å². The zero-order valence-electron chi connectivity index (χ0n) is 8.15. The van der Waals surface area contributed by atoms with Gasteiger partial charge in [0.05, 0.1) is 9.22 Å². The molecule has 1 nitrogen and oxygen atoms in total. The maximum Gasteiger partial charge on any atom is 0.406 e. The van der Waals surface area contributed by atoms with E-state index in [0.29, 0.717) is 13.6 Å². The molecule has 1 aromatic carbocycles. The number of hydrogen-bond acceptors (Lipinski definition) is 0. The Kier molecular flexibility index (Phi) is 3.41. The van der Waals surface area contributed by atoms with E-state index in [1.54, 1.807) is 28.7 Å². The van der Waals surface area contributed by atoms with Crippen LogP contribution >= 0.6 is 38.5 Å². The molecule has 0 unspecified atom stereocenters. The monoisotopic (exact) mass is 421 g/mol. The van der Waals surface area contributed by atoms with Crippen LogP contribution in [0.25, 0.3) is 10.9 Å². The minimum atomic E-state index is -4.33. The van der Waals surface area contributed by atoms with Crippen molar-refractivity contribution in [2.24, 2.45) is 0 Å². The summed E-state index contributed by atoms with van der Waals surface area (Å²) in [7, 11) is 0. The lowest BCUT2D eigenvalue weighted by molar-refractivity contribution is -0.140. The largest absolute Gasteiger partial charge is 0.406 e. The first-order chi connectivity index (χ1) is 7.78. The van der Waals surface area contributed by atoms with Crippen LogP contribution in [0.4, 0.5) is 17.6 Å². The Hall–Kier alpha value is -0.310. The van der Waals surface area contributed by atoms with E-state index in [0.717, 1.165) is 10.6 Å². The van der Waals surface area contributed by atoms with Crippen LogP contribution in [-0.2, 0) is 6.54 Å². The first-order valence-electron chi connectivity index (χ1n) is 4.48. The van der Waals surface area contributed by atoms with E-state index in [9.17, 15) is 17.6 Å². The Bertz CT molecular complexity index is 576. The van der Waals surface area contributed by atoms with E-state index in [2.05, 4.69) is 15.9 Å². The van der Waals surface area contributed by atoms with Gasteiger partial charge in [0.25, 0.3) is 0 Å². The Balaban J connectivity index is 2.66. The first kappa shape index (κ1) is 13.1. The van der Waals surface area contributed by atoms with Crippen LogP contribution in [-0.4, -0.2) is 10.7 Å². The summed E-state index contributed by atoms with van der Waals surface area (Å²) in [5.74, 6) is -0.567. The highest BCUT2D eigenvalue weighted by atomic mass is 127. The van der Waals surface area contributed by atoms with Crippen LogP contribution in [0.5, 0.6) is 0 Å². The van der Waals surface area contributed by atoms with E-state index in [-0.39, 0.29) is 5.52 Å². The van der Waals surface area contributed by atoms with Crippen molar-refractivity contribution >= 4 is 49.4 Å². The van der Waals surface area contributed by atoms with Crippen LogP contribution in [0, 0.1) is 9.52 Å². The predicted molar refractivity (Wildman–Crippen MR) is 68.4 cm³/mol. The summed E-state index contributed by atoms with van der Waals surface area (Å²) >= 11 is 4.94. The fourth-order valence-corrected chi connectivity index (χ4v) is 2.87. The molecule has 92 valence electrons. The minimum absolute atomic E-state index is 0.235. The zero-order valence-corrected chi connectivity index (χ0v) is 11.9. The first-order valence-corrected chi connectivity index (χ1v) is 6.35. The Morgan fingerprint density at radius 2 is 1.88 bits per heavy atom. The summed E-state index contributed by atoms with van der Waals surface area (Å²) in [6.07, 6.45) is -4.33. The van der Waals surface area contributed by atoms with Crippen LogP contribution in [0.2, 0.25) is 0 Å². The molecular weight excluding hydrogens is 417 g/mol. The third-order valence-corrected chi connectivity index (χ3v) is 3.77. The number of alkyl halides is 3. The molecule has 0 saturated carbocycles. The number of fused-ring (bicyclic) bond motifs is 1. The van der Waals surface area contributed by atoms with Crippen molar-refractivity contribution in [1.29, 1.82) is 0 Å². The lowest BCUT2D eigenvalue weighted by Crippen LogP contribution is -2.18. The van der Waals surface area contributed by atoms with Gasteiger partial charge in [0.2, 0.25) is 0 Å². The molecule has 17 heavy (non-hydrogen) atoms. The fourth-order valence-electron chi connectivity index (χ4n) is 1.59. The number of aromatic nitrogens is 1. The smallest absolute Gasteiger partial charge is 0.327 e. The summed E-state index contributed by atoms with van der Waals surface area (Å²) in [4.78, 5) is 0. The van der Waals surface area contributed by atoms with Crippen molar-refractivity contribution in [3.63, 3.8) is 0 Å². The second-order valence-electron chi connectivity index (χ2n) is 3.49. The molecule has 0 atom stereocenters. The number of halogens is 6. The van der Waals surface area contributed by atoms with Gasteiger partial charge in [-0.2, -0.15) is 13.2 Å². The molecule has 0 spiro atoms. The topological polar surface area (TPSA) is 4.93 Å².